The summed E-state index contributed by atoms with van der Waals surface area (Å²) < 4.78 is 5.12. The van der Waals surface area contributed by atoms with E-state index >= 15 is 0 Å². The number of carbonyl (C=O) groups excluding carboxylic acids is 2. The number of benzene rings is 1. The summed E-state index contributed by atoms with van der Waals surface area (Å²) >= 11 is 1.71. The number of quaternary nitrogens is 1. The number of hydrogen-bond donors (Lipinski definition) is 2. The zero-order valence-electron chi connectivity index (χ0n) is 16.1. The molecule has 1 aromatic carbocycles. The number of nitrogens with one attached hydrogen (secondary N) is 2. The zero-order chi connectivity index (χ0) is 19.3. The average molecular weight is 376 g/mol. The summed E-state index contributed by atoms with van der Waals surface area (Å²) in [7, 11) is 1.99. The van der Waals surface area contributed by atoms with Crippen LogP contribution < -0.4 is 4.90 Å². The molecule has 2 aromatic rings. The summed E-state index contributed by atoms with van der Waals surface area (Å²) in [5.74, 6) is -0.490. The van der Waals surface area contributed by atoms with Crippen molar-refractivity contribution in [2.45, 2.75) is 32.2 Å². The van der Waals surface area contributed by atoms with E-state index in [0.29, 0.717) is 29.1 Å². The molecule has 1 aromatic heterocycles. The number of ether oxygens (including phenoxy) is 1. The molecule has 1 heterocycles. The molecule has 1 unspecified atom stereocenters. The Hall–Kier alpha value is -2.05. The number of aromatic amines is 1. The lowest BCUT2D eigenvalue weighted by atomic mass is 10.0. The van der Waals surface area contributed by atoms with Crippen LogP contribution in [-0.2, 0) is 11.3 Å². The minimum atomic E-state index is -0.442. The second kappa shape index (κ2) is 9.05. The lowest BCUT2D eigenvalue weighted by Crippen LogP contribution is -3.08. The first-order valence-corrected chi connectivity index (χ1v) is 9.93. The topological polar surface area (TPSA) is 63.6 Å². The number of likely N-dealkylation sites (N-methyl/N-ethyl adjacent to an activating group) is 1. The van der Waals surface area contributed by atoms with Crippen LogP contribution in [0.25, 0.3) is 0 Å². The molecule has 0 amide bonds. The highest BCUT2D eigenvalue weighted by Gasteiger charge is 2.27. The molecule has 0 spiro atoms. The molecule has 0 saturated heterocycles. The van der Waals surface area contributed by atoms with Crippen LogP contribution in [0, 0.1) is 13.8 Å². The molecule has 26 heavy (non-hydrogen) atoms. The Morgan fingerprint density at radius 3 is 2.31 bits per heavy atom. The SMILES string of the molecule is CCOC(=O)c1c(C)[nH]c(C)c1C(=O)C[NH+](C)Cc1ccc(SC)cc1. The van der Waals surface area contributed by atoms with Crippen molar-refractivity contribution >= 4 is 23.5 Å². The highest BCUT2D eigenvalue weighted by atomic mass is 32.2. The molecule has 6 heteroatoms. The lowest BCUT2D eigenvalue weighted by Gasteiger charge is -2.14. The van der Waals surface area contributed by atoms with Gasteiger partial charge in [-0.1, -0.05) is 12.1 Å². The third-order valence-corrected chi connectivity index (χ3v) is 5.00. The van der Waals surface area contributed by atoms with E-state index in [2.05, 4.69) is 29.2 Å². The molecule has 0 bridgehead atoms. The van der Waals surface area contributed by atoms with Gasteiger partial charge >= 0.3 is 5.97 Å². The molecule has 0 fully saturated rings. The number of aromatic nitrogens is 1. The Morgan fingerprint density at radius 1 is 1.12 bits per heavy atom. The Morgan fingerprint density at radius 2 is 1.73 bits per heavy atom. The van der Waals surface area contributed by atoms with Crippen LogP contribution in [0.1, 0.15) is 44.6 Å². The molecule has 2 rings (SSSR count). The fourth-order valence-corrected chi connectivity index (χ4v) is 3.51. The van der Waals surface area contributed by atoms with Gasteiger partial charge in [-0.05, 0) is 39.2 Å². The van der Waals surface area contributed by atoms with Gasteiger partial charge in [-0.15, -0.1) is 11.8 Å². The van der Waals surface area contributed by atoms with E-state index in [1.807, 2.05) is 20.2 Å². The van der Waals surface area contributed by atoms with Gasteiger partial charge in [-0.3, -0.25) is 4.79 Å². The van der Waals surface area contributed by atoms with E-state index in [1.165, 1.54) is 10.5 Å². The van der Waals surface area contributed by atoms with E-state index in [0.717, 1.165) is 11.4 Å². The summed E-state index contributed by atoms with van der Waals surface area (Å²) in [6, 6.07) is 8.37. The maximum atomic E-state index is 12.9. The first kappa shape index (κ1) is 20.3. The highest BCUT2D eigenvalue weighted by Crippen LogP contribution is 2.20. The van der Waals surface area contributed by atoms with Crippen LogP contribution in [0.15, 0.2) is 29.2 Å². The fraction of sp³-hybridized carbons (Fsp3) is 0.400. The number of aryl methyl sites for hydroxylation is 2. The number of thioether (sulfide) groups is 1. The van der Waals surface area contributed by atoms with E-state index in [9.17, 15) is 9.59 Å². The summed E-state index contributed by atoms with van der Waals surface area (Å²) in [6.45, 7) is 6.72. The smallest absolute Gasteiger partial charge is 0.340 e. The van der Waals surface area contributed by atoms with Crippen molar-refractivity contribution in [2.24, 2.45) is 0 Å². The summed E-state index contributed by atoms with van der Waals surface area (Å²) in [5, 5.41) is 0. The monoisotopic (exact) mass is 375 g/mol. The summed E-state index contributed by atoms with van der Waals surface area (Å²) in [4.78, 5) is 30.5. The molecule has 0 aliphatic heterocycles. The Balaban J connectivity index is 2.12. The van der Waals surface area contributed by atoms with Crippen molar-refractivity contribution in [1.29, 1.82) is 0 Å². The average Bonchev–Trinajstić information content (AvgIpc) is 2.89. The Kier molecular flexibility index (Phi) is 7.06. The Bertz CT molecular complexity index is 781. The third kappa shape index (κ3) is 4.77. The van der Waals surface area contributed by atoms with Crippen LogP contribution in [-0.4, -0.2) is 43.2 Å². The van der Waals surface area contributed by atoms with Crippen molar-refractivity contribution in [2.75, 3.05) is 26.5 Å². The molecule has 5 nitrogen and oxygen atoms in total. The fourth-order valence-electron chi connectivity index (χ4n) is 3.11. The minimum absolute atomic E-state index is 0.0480. The number of carbonyl (C=O) groups is 2. The largest absolute Gasteiger partial charge is 0.462 e. The molecule has 0 radical (unpaired) electrons. The van der Waals surface area contributed by atoms with Gasteiger partial charge in [0.25, 0.3) is 0 Å². The third-order valence-electron chi connectivity index (χ3n) is 4.26. The van der Waals surface area contributed by atoms with Gasteiger partial charge in [-0.2, -0.15) is 0 Å². The highest BCUT2D eigenvalue weighted by molar-refractivity contribution is 7.98. The molecular weight excluding hydrogens is 348 g/mol. The zero-order valence-corrected chi connectivity index (χ0v) is 16.9. The van der Waals surface area contributed by atoms with Crippen molar-refractivity contribution < 1.29 is 19.2 Å². The van der Waals surface area contributed by atoms with E-state index in [1.54, 1.807) is 25.6 Å². The van der Waals surface area contributed by atoms with Gasteiger partial charge in [0.05, 0.1) is 24.8 Å². The molecular formula is C20H27N2O3S+. The maximum Gasteiger partial charge on any atom is 0.340 e. The lowest BCUT2D eigenvalue weighted by molar-refractivity contribution is -0.884. The van der Waals surface area contributed by atoms with E-state index in [4.69, 9.17) is 4.74 Å². The first-order chi connectivity index (χ1) is 12.4. The molecule has 0 aliphatic rings. The number of hydrogen-bond acceptors (Lipinski definition) is 4. The quantitative estimate of drug-likeness (QED) is 0.423. The van der Waals surface area contributed by atoms with Crippen LogP contribution in [0.3, 0.4) is 0 Å². The Labute approximate surface area is 159 Å². The van der Waals surface area contributed by atoms with Gasteiger partial charge in [-0.25, -0.2) is 4.79 Å². The molecule has 140 valence electrons. The van der Waals surface area contributed by atoms with Gasteiger partial charge in [0.15, 0.2) is 0 Å². The van der Waals surface area contributed by atoms with Crippen molar-refractivity contribution in [3.63, 3.8) is 0 Å². The number of rotatable bonds is 8. The normalized spacial score (nSPS) is 12.0. The number of esters is 1. The van der Waals surface area contributed by atoms with Crippen molar-refractivity contribution in [3.05, 3.63) is 52.3 Å². The first-order valence-electron chi connectivity index (χ1n) is 8.71. The standard InChI is InChI=1S/C20H26N2O3S/c1-6-25-20(24)19-14(3)21-13(2)18(19)17(23)12-22(4)11-15-7-9-16(26-5)10-8-15/h7-10,21H,6,11-12H2,1-5H3/p+1. The van der Waals surface area contributed by atoms with Gasteiger partial charge < -0.3 is 14.6 Å². The second-order valence-corrected chi connectivity index (χ2v) is 7.31. The van der Waals surface area contributed by atoms with E-state index in [-0.39, 0.29) is 12.4 Å². The minimum Gasteiger partial charge on any atom is -0.462 e. The predicted octanol–water partition coefficient (Wildman–Crippen LogP) is 2.43. The van der Waals surface area contributed by atoms with Crippen LogP contribution in [0.2, 0.25) is 0 Å². The second-order valence-electron chi connectivity index (χ2n) is 6.43. The van der Waals surface area contributed by atoms with Gasteiger partial charge in [0, 0.05) is 21.8 Å². The van der Waals surface area contributed by atoms with Crippen LogP contribution in [0.5, 0.6) is 0 Å². The van der Waals surface area contributed by atoms with Crippen molar-refractivity contribution in [1.82, 2.24) is 4.98 Å². The number of Topliss-reactive ketones (excluding diaryl/α,β-unsaturated/α-hetero) is 1. The van der Waals surface area contributed by atoms with Gasteiger partial charge in [0.2, 0.25) is 5.78 Å². The maximum absolute atomic E-state index is 12.9. The summed E-state index contributed by atoms with van der Waals surface area (Å²) in [5.41, 5.74) is 3.40. The molecule has 2 N–H and O–H groups in total. The number of ketones is 1. The molecule has 0 saturated carbocycles. The van der Waals surface area contributed by atoms with Crippen LogP contribution in [0.4, 0.5) is 0 Å². The van der Waals surface area contributed by atoms with Gasteiger partial charge in [0.1, 0.15) is 13.1 Å². The summed E-state index contributed by atoms with van der Waals surface area (Å²) in [6.07, 6.45) is 2.05. The van der Waals surface area contributed by atoms with Crippen molar-refractivity contribution in [3.8, 4) is 0 Å². The molecule has 0 aliphatic carbocycles. The number of H-pyrrole nitrogens is 1. The van der Waals surface area contributed by atoms with E-state index < -0.39 is 5.97 Å². The molecule has 1 atom stereocenters. The van der Waals surface area contributed by atoms with Crippen LogP contribution >= 0.6 is 11.8 Å². The predicted molar refractivity (Wildman–Crippen MR) is 104 cm³/mol.